The maximum absolute atomic E-state index is 6.78. The summed E-state index contributed by atoms with van der Waals surface area (Å²) in [5.41, 5.74) is 10.1. The van der Waals surface area contributed by atoms with E-state index in [1.54, 1.807) is 0 Å². The smallest absolute Gasteiger partial charge is 0.164 e. The summed E-state index contributed by atoms with van der Waals surface area (Å²) in [6, 6.07) is 72.9. The van der Waals surface area contributed by atoms with E-state index in [1.165, 1.54) is 49.0 Å². The van der Waals surface area contributed by atoms with Gasteiger partial charge in [0.1, 0.15) is 11.2 Å². The van der Waals surface area contributed by atoms with Gasteiger partial charge in [0, 0.05) is 55.4 Å². The van der Waals surface area contributed by atoms with Crippen molar-refractivity contribution in [2.75, 3.05) is 0 Å². The van der Waals surface area contributed by atoms with Gasteiger partial charge >= 0.3 is 0 Å². The number of fused-ring (bicyclic) bond motifs is 10. The molecule has 0 aliphatic carbocycles. The van der Waals surface area contributed by atoms with Crippen LogP contribution in [-0.4, -0.2) is 19.5 Å². The first-order chi connectivity index (χ1) is 30.7. The van der Waals surface area contributed by atoms with Gasteiger partial charge in [-0.15, -0.1) is 0 Å². The van der Waals surface area contributed by atoms with E-state index < -0.39 is 0 Å². The number of nitrogens with zero attached hydrogens (tertiary/aromatic N) is 4. The Kier molecular flexibility index (Phi) is 7.54. The molecule has 0 spiro atoms. The van der Waals surface area contributed by atoms with Crippen LogP contribution in [0.2, 0.25) is 0 Å². The van der Waals surface area contributed by atoms with Gasteiger partial charge in [0.15, 0.2) is 17.5 Å². The van der Waals surface area contributed by atoms with Crippen LogP contribution >= 0.6 is 0 Å². The summed E-state index contributed by atoms with van der Waals surface area (Å²) in [5.74, 6) is 1.82. The Morgan fingerprint density at radius 2 is 0.839 bits per heavy atom. The summed E-state index contributed by atoms with van der Waals surface area (Å²) < 4.78 is 9.18. The van der Waals surface area contributed by atoms with Gasteiger partial charge in [0.2, 0.25) is 0 Å². The van der Waals surface area contributed by atoms with Crippen molar-refractivity contribution in [3.05, 3.63) is 206 Å². The molecule has 3 heterocycles. The molecule has 3 aromatic heterocycles. The van der Waals surface area contributed by atoms with Crippen LogP contribution in [0.25, 0.3) is 127 Å². The van der Waals surface area contributed by atoms with Gasteiger partial charge < -0.3 is 8.98 Å². The maximum Gasteiger partial charge on any atom is 0.164 e. The van der Waals surface area contributed by atoms with Crippen LogP contribution in [0.4, 0.5) is 0 Å². The van der Waals surface area contributed by atoms with Gasteiger partial charge in [-0.3, -0.25) is 0 Å². The molecule has 0 bridgehead atoms. The molecule has 0 radical (unpaired) electrons. The summed E-state index contributed by atoms with van der Waals surface area (Å²) in [4.78, 5) is 15.3. The summed E-state index contributed by atoms with van der Waals surface area (Å²) in [5, 5.41) is 11.5. The molecular formula is C57H34N4O. The van der Waals surface area contributed by atoms with Gasteiger partial charge in [0.25, 0.3) is 0 Å². The topological polar surface area (TPSA) is 56.7 Å². The lowest BCUT2D eigenvalue weighted by Crippen LogP contribution is -2.00. The summed E-state index contributed by atoms with van der Waals surface area (Å²) in [7, 11) is 0. The van der Waals surface area contributed by atoms with Crippen molar-refractivity contribution in [3.8, 4) is 51.0 Å². The van der Waals surface area contributed by atoms with E-state index in [2.05, 4.69) is 211 Å². The molecule has 5 heteroatoms. The predicted octanol–water partition coefficient (Wildman–Crippen LogP) is 15.0. The third kappa shape index (κ3) is 5.45. The van der Waals surface area contributed by atoms with E-state index in [-0.39, 0.29) is 0 Å². The Hall–Kier alpha value is -8.41. The van der Waals surface area contributed by atoms with E-state index in [9.17, 15) is 0 Å². The molecule has 5 nitrogen and oxygen atoms in total. The van der Waals surface area contributed by atoms with E-state index in [4.69, 9.17) is 19.4 Å². The van der Waals surface area contributed by atoms with E-state index in [1.807, 2.05) is 0 Å². The number of benzene rings is 10. The van der Waals surface area contributed by atoms with Crippen molar-refractivity contribution < 1.29 is 4.42 Å². The first-order valence-electron chi connectivity index (χ1n) is 20.9. The molecule has 0 N–H and O–H groups in total. The van der Waals surface area contributed by atoms with Crippen LogP contribution in [-0.2, 0) is 0 Å². The number of aromatic nitrogens is 4. The zero-order valence-electron chi connectivity index (χ0n) is 33.3. The normalized spacial score (nSPS) is 11.9. The number of para-hydroxylation sites is 1. The van der Waals surface area contributed by atoms with Crippen LogP contribution in [0.15, 0.2) is 211 Å². The maximum atomic E-state index is 6.78. The highest BCUT2D eigenvalue weighted by Gasteiger charge is 2.20. The van der Waals surface area contributed by atoms with Gasteiger partial charge in [-0.2, -0.15) is 0 Å². The zero-order valence-corrected chi connectivity index (χ0v) is 33.3. The van der Waals surface area contributed by atoms with Crippen LogP contribution in [0.5, 0.6) is 0 Å². The highest BCUT2D eigenvalue weighted by molar-refractivity contribution is 6.22. The molecule has 13 rings (SSSR count). The van der Waals surface area contributed by atoms with Crippen molar-refractivity contribution >= 4 is 76.1 Å². The molecule has 0 saturated carbocycles. The first-order valence-corrected chi connectivity index (χ1v) is 20.9. The Morgan fingerprint density at radius 1 is 0.323 bits per heavy atom. The number of hydrogen-bond donors (Lipinski definition) is 0. The third-order valence-corrected chi connectivity index (χ3v) is 12.4. The van der Waals surface area contributed by atoms with Gasteiger partial charge in [0.05, 0.1) is 11.0 Å². The monoisotopic (exact) mass is 790 g/mol. The SMILES string of the molecule is c1ccc(-c2cc3c4ccccc4n(-c4ccc5c(c4)oc4cc(-c6nc(-c7ccc8ccccc8c7)nc(-c7ccc8ccccc8c7)n6)ccc45)c3c3ccccc23)cc1. The Bertz CT molecular complexity index is 3840. The lowest BCUT2D eigenvalue weighted by atomic mass is 9.95. The van der Waals surface area contributed by atoms with Gasteiger partial charge in [-0.25, -0.2) is 15.0 Å². The van der Waals surface area contributed by atoms with Crippen molar-refractivity contribution in [2.45, 2.75) is 0 Å². The number of hydrogen-bond acceptors (Lipinski definition) is 4. The van der Waals surface area contributed by atoms with Crippen LogP contribution < -0.4 is 0 Å². The van der Waals surface area contributed by atoms with Crippen LogP contribution in [0.1, 0.15) is 0 Å². The van der Waals surface area contributed by atoms with Crippen LogP contribution in [0, 0.1) is 0 Å². The molecule has 0 unspecified atom stereocenters. The molecule has 0 saturated heterocycles. The quantitative estimate of drug-likeness (QED) is 0.174. The minimum absolute atomic E-state index is 0.585. The number of rotatable bonds is 5. The lowest BCUT2D eigenvalue weighted by molar-refractivity contribution is 0.668. The average Bonchev–Trinajstić information content (AvgIpc) is 3.88. The molecule has 288 valence electrons. The molecule has 0 atom stereocenters. The summed E-state index contributed by atoms with van der Waals surface area (Å²) >= 11 is 0. The fourth-order valence-electron chi connectivity index (χ4n) is 9.41. The highest BCUT2D eigenvalue weighted by Crippen LogP contribution is 2.42. The van der Waals surface area contributed by atoms with Gasteiger partial charge in [-0.05, 0) is 86.6 Å². The van der Waals surface area contributed by atoms with Crippen molar-refractivity contribution in [1.29, 1.82) is 0 Å². The lowest BCUT2D eigenvalue weighted by Gasteiger charge is -2.13. The molecular weight excluding hydrogens is 757 g/mol. The van der Waals surface area contributed by atoms with E-state index in [0.717, 1.165) is 60.6 Å². The van der Waals surface area contributed by atoms with Crippen molar-refractivity contribution in [2.24, 2.45) is 0 Å². The Labute approximate surface area is 355 Å². The molecule has 0 amide bonds. The molecule has 13 aromatic rings. The minimum atomic E-state index is 0.585. The Morgan fingerprint density at radius 3 is 1.52 bits per heavy atom. The second-order valence-electron chi connectivity index (χ2n) is 16.0. The second-order valence-corrected chi connectivity index (χ2v) is 16.0. The molecule has 0 aliphatic heterocycles. The molecule has 0 fully saturated rings. The highest BCUT2D eigenvalue weighted by atomic mass is 16.3. The largest absolute Gasteiger partial charge is 0.456 e. The number of furan rings is 1. The molecule has 62 heavy (non-hydrogen) atoms. The second kappa shape index (κ2) is 13.6. The predicted molar refractivity (Wildman–Crippen MR) is 256 cm³/mol. The van der Waals surface area contributed by atoms with Crippen LogP contribution in [0.3, 0.4) is 0 Å². The summed E-state index contributed by atoms with van der Waals surface area (Å²) in [6.07, 6.45) is 0. The summed E-state index contributed by atoms with van der Waals surface area (Å²) in [6.45, 7) is 0. The zero-order chi connectivity index (χ0) is 40.7. The Balaban J connectivity index is 0.971. The minimum Gasteiger partial charge on any atom is -0.456 e. The van der Waals surface area contributed by atoms with Crippen molar-refractivity contribution in [1.82, 2.24) is 19.5 Å². The average molecular weight is 791 g/mol. The fourth-order valence-corrected chi connectivity index (χ4v) is 9.41. The fraction of sp³-hybridized carbons (Fsp3) is 0. The van der Waals surface area contributed by atoms with Gasteiger partial charge in [-0.1, -0.05) is 152 Å². The van der Waals surface area contributed by atoms with Crippen molar-refractivity contribution in [3.63, 3.8) is 0 Å². The third-order valence-electron chi connectivity index (χ3n) is 12.4. The first kappa shape index (κ1) is 34.5. The van der Waals surface area contributed by atoms with E-state index >= 15 is 0 Å². The standard InChI is InChI=1S/C57H34N4O/c1-2-14-37(15-3-1)49-34-50-45-19-10-11-21-51(45)61(54(50)48-20-9-8-18-44(48)49)43-27-29-47-46-28-26-42(32-52(46)62-53(47)33-43)57-59-55(40-24-22-35-12-4-6-16-38(35)30-40)58-56(60-57)41-25-23-36-13-5-7-17-39(36)31-41/h1-34H. The molecule has 0 aliphatic rings. The van der Waals surface area contributed by atoms with E-state index in [0.29, 0.717) is 17.5 Å². The molecule has 10 aromatic carbocycles.